The molecule has 1 heterocycles. The molecule has 0 unspecified atom stereocenters. The van der Waals surface area contributed by atoms with Crippen LogP contribution in [0.15, 0.2) is 28.8 Å². The second-order valence-electron chi connectivity index (χ2n) is 5.31. The lowest BCUT2D eigenvalue weighted by Crippen LogP contribution is -2.32. The average molecular weight is 317 g/mol. The van der Waals surface area contributed by atoms with Crippen molar-refractivity contribution in [2.45, 2.75) is 40.2 Å². The summed E-state index contributed by atoms with van der Waals surface area (Å²) >= 11 is 0. The van der Waals surface area contributed by atoms with Gasteiger partial charge in [0.1, 0.15) is 5.75 Å². The minimum Gasteiger partial charge on any atom is -0.485 e. The summed E-state index contributed by atoms with van der Waals surface area (Å²) < 4.78 is 10.6. The van der Waals surface area contributed by atoms with Crippen molar-refractivity contribution in [1.29, 1.82) is 0 Å². The lowest BCUT2D eigenvalue weighted by molar-refractivity contribution is 0.0750. The van der Waals surface area contributed by atoms with Gasteiger partial charge in [-0.3, -0.25) is 4.79 Å². The number of aromatic nitrogens is 2. The molecule has 0 atom stereocenters. The fraction of sp³-hybridized carbons (Fsp3) is 0.471. The third-order valence-corrected chi connectivity index (χ3v) is 3.32. The first-order chi connectivity index (χ1) is 11.2. The van der Waals surface area contributed by atoms with E-state index >= 15 is 0 Å². The second kappa shape index (κ2) is 8.31. The lowest BCUT2D eigenvalue weighted by Gasteiger charge is -2.22. The average Bonchev–Trinajstić information content (AvgIpc) is 2.98. The van der Waals surface area contributed by atoms with E-state index in [9.17, 15) is 4.79 Å². The first kappa shape index (κ1) is 17.0. The van der Waals surface area contributed by atoms with Crippen molar-refractivity contribution in [1.82, 2.24) is 15.0 Å². The van der Waals surface area contributed by atoms with Gasteiger partial charge in [-0.25, -0.2) is 0 Å². The molecule has 0 N–H and O–H groups in total. The predicted molar refractivity (Wildman–Crippen MR) is 86.3 cm³/mol. The number of nitrogens with zero attached hydrogens (tertiary/aromatic N) is 3. The standard InChI is InChI=1S/C17H23N3O3/c1-4-10-20(11-5-2)17(21)14-8-6-7-9-15(14)22-12-16-18-13(3)23-19-16/h6-9H,4-5,10-12H2,1-3H3. The maximum Gasteiger partial charge on any atom is 0.257 e. The van der Waals surface area contributed by atoms with Gasteiger partial charge in [0.2, 0.25) is 11.7 Å². The zero-order valence-electron chi connectivity index (χ0n) is 13.9. The largest absolute Gasteiger partial charge is 0.485 e. The molecule has 0 aliphatic rings. The van der Waals surface area contributed by atoms with Gasteiger partial charge in [0.15, 0.2) is 6.61 Å². The van der Waals surface area contributed by atoms with E-state index in [1.165, 1.54) is 0 Å². The number of benzene rings is 1. The topological polar surface area (TPSA) is 68.5 Å². The number of aryl methyl sites for hydroxylation is 1. The summed E-state index contributed by atoms with van der Waals surface area (Å²) in [6, 6.07) is 7.26. The SMILES string of the molecule is CCCN(CCC)C(=O)c1ccccc1OCc1noc(C)n1. The van der Waals surface area contributed by atoms with E-state index in [0.717, 1.165) is 25.9 Å². The third-order valence-electron chi connectivity index (χ3n) is 3.32. The van der Waals surface area contributed by atoms with Crippen LogP contribution in [0.2, 0.25) is 0 Å². The summed E-state index contributed by atoms with van der Waals surface area (Å²) in [7, 11) is 0. The van der Waals surface area contributed by atoms with Crippen LogP contribution < -0.4 is 4.74 Å². The molecule has 0 bridgehead atoms. The normalized spacial score (nSPS) is 10.6. The third kappa shape index (κ3) is 4.55. The minimum atomic E-state index is -0.00593. The van der Waals surface area contributed by atoms with E-state index in [2.05, 4.69) is 24.0 Å². The number of para-hydroxylation sites is 1. The molecule has 1 aromatic carbocycles. The van der Waals surface area contributed by atoms with Crippen LogP contribution in [0.25, 0.3) is 0 Å². The van der Waals surface area contributed by atoms with Crippen molar-refractivity contribution in [3.63, 3.8) is 0 Å². The van der Waals surface area contributed by atoms with Gasteiger partial charge < -0.3 is 14.2 Å². The van der Waals surface area contributed by atoms with E-state index < -0.39 is 0 Å². The number of hydrogen-bond donors (Lipinski definition) is 0. The van der Waals surface area contributed by atoms with E-state index in [0.29, 0.717) is 23.0 Å². The van der Waals surface area contributed by atoms with Crippen LogP contribution in [-0.2, 0) is 6.61 Å². The van der Waals surface area contributed by atoms with Gasteiger partial charge in [-0.05, 0) is 25.0 Å². The summed E-state index contributed by atoms with van der Waals surface area (Å²) in [4.78, 5) is 18.7. The quantitative estimate of drug-likeness (QED) is 0.747. The van der Waals surface area contributed by atoms with Crippen molar-refractivity contribution in [2.24, 2.45) is 0 Å². The summed E-state index contributed by atoms with van der Waals surface area (Å²) in [6.07, 6.45) is 1.85. The summed E-state index contributed by atoms with van der Waals surface area (Å²) in [6.45, 7) is 7.51. The number of rotatable bonds is 8. The highest BCUT2D eigenvalue weighted by Crippen LogP contribution is 2.21. The van der Waals surface area contributed by atoms with Gasteiger partial charge in [-0.1, -0.05) is 31.1 Å². The number of carbonyl (C=O) groups excluding carboxylic acids is 1. The highest BCUT2D eigenvalue weighted by molar-refractivity contribution is 5.96. The Morgan fingerprint density at radius 2 is 1.91 bits per heavy atom. The number of hydrogen-bond acceptors (Lipinski definition) is 5. The molecule has 124 valence electrons. The van der Waals surface area contributed by atoms with Crippen LogP contribution in [0.3, 0.4) is 0 Å². The Kier molecular flexibility index (Phi) is 6.14. The molecule has 6 nitrogen and oxygen atoms in total. The van der Waals surface area contributed by atoms with E-state index in [4.69, 9.17) is 9.26 Å². The molecule has 0 fully saturated rings. The van der Waals surface area contributed by atoms with Crippen LogP contribution in [0, 0.1) is 6.92 Å². The van der Waals surface area contributed by atoms with E-state index in [-0.39, 0.29) is 12.5 Å². The zero-order chi connectivity index (χ0) is 16.7. The van der Waals surface area contributed by atoms with Crippen molar-refractivity contribution in [2.75, 3.05) is 13.1 Å². The van der Waals surface area contributed by atoms with Crippen molar-refractivity contribution >= 4 is 5.91 Å². The Balaban J connectivity index is 2.13. The molecule has 1 amide bonds. The molecule has 1 aromatic heterocycles. The molecular weight excluding hydrogens is 294 g/mol. The zero-order valence-corrected chi connectivity index (χ0v) is 13.9. The molecule has 0 aliphatic carbocycles. The Bertz CT molecular complexity index is 634. The summed E-state index contributed by atoms with van der Waals surface area (Å²) in [5.41, 5.74) is 0.564. The van der Waals surface area contributed by atoms with Crippen LogP contribution in [0.4, 0.5) is 0 Å². The fourth-order valence-corrected chi connectivity index (χ4v) is 2.34. The van der Waals surface area contributed by atoms with Gasteiger partial charge in [-0.2, -0.15) is 4.98 Å². The Morgan fingerprint density at radius 3 is 2.52 bits per heavy atom. The molecule has 0 saturated carbocycles. The van der Waals surface area contributed by atoms with Crippen molar-refractivity contribution < 1.29 is 14.1 Å². The fourth-order valence-electron chi connectivity index (χ4n) is 2.34. The van der Waals surface area contributed by atoms with Gasteiger partial charge in [0, 0.05) is 20.0 Å². The number of amides is 1. The molecule has 0 saturated heterocycles. The van der Waals surface area contributed by atoms with Gasteiger partial charge in [0.25, 0.3) is 5.91 Å². The first-order valence-corrected chi connectivity index (χ1v) is 7.96. The van der Waals surface area contributed by atoms with E-state index in [1.54, 1.807) is 19.1 Å². The predicted octanol–water partition coefficient (Wildman–Crippen LogP) is 3.22. The molecular formula is C17H23N3O3. The van der Waals surface area contributed by atoms with Crippen LogP contribution in [0.1, 0.15) is 48.8 Å². The lowest BCUT2D eigenvalue weighted by atomic mass is 10.1. The highest BCUT2D eigenvalue weighted by Gasteiger charge is 2.18. The smallest absolute Gasteiger partial charge is 0.257 e. The molecule has 6 heteroatoms. The molecule has 2 aromatic rings. The molecule has 0 spiro atoms. The molecule has 0 radical (unpaired) electrons. The summed E-state index contributed by atoms with van der Waals surface area (Å²) in [5, 5.41) is 3.79. The van der Waals surface area contributed by atoms with Crippen molar-refractivity contribution in [3.05, 3.63) is 41.5 Å². The maximum atomic E-state index is 12.8. The Morgan fingerprint density at radius 1 is 1.22 bits per heavy atom. The second-order valence-corrected chi connectivity index (χ2v) is 5.31. The molecule has 2 rings (SSSR count). The van der Waals surface area contributed by atoms with E-state index in [1.807, 2.05) is 17.0 Å². The molecule has 23 heavy (non-hydrogen) atoms. The Hall–Kier alpha value is -2.37. The first-order valence-electron chi connectivity index (χ1n) is 7.96. The number of ether oxygens (including phenoxy) is 1. The number of carbonyl (C=O) groups is 1. The highest BCUT2D eigenvalue weighted by atomic mass is 16.5. The van der Waals surface area contributed by atoms with Crippen LogP contribution in [-0.4, -0.2) is 34.0 Å². The van der Waals surface area contributed by atoms with Gasteiger partial charge in [-0.15, -0.1) is 0 Å². The van der Waals surface area contributed by atoms with Gasteiger partial charge >= 0.3 is 0 Å². The Labute approximate surface area is 136 Å². The maximum absolute atomic E-state index is 12.8. The van der Waals surface area contributed by atoms with Crippen LogP contribution in [0.5, 0.6) is 5.75 Å². The monoisotopic (exact) mass is 317 g/mol. The van der Waals surface area contributed by atoms with Crippen molar-refractivity contribution in [3.8, 4) is 5.75 Å². The van der Waals surface area contributed by atoms with Crippen LogP contribution >= 0.6 is 0 Å². The molecule has 0 aliphatic heterocycles. The minimum absolute atomic E-state index is 0.00593. The summed E-state index contributed by atoms with van der Waals surface area (Å²) in [5.74, 6) is 1.49. The van der Waals surface area contributed by atoms with Gasteiger partial charge in [0.05, 0.1) is 5.56 Å².